The second kappa shape index (κ2) is 4.01. The number of aliphatic hydroxyl groups is 1. The first-order chi connectivity index (χ1) is 7.35. The van der Waals surface area contributed by atoms with Gasteiger partial charge in [-0.1, -0.05) is 32.4 Å². The van der Waals surface area contributed by atoms with E-state index in [1.54, 1.807) is 11.3 Å². The van der Waals surface area contributed by atoms with Crippen LogP contribution >= 0.6 is 22.9 Å². The first kappa shape index (κ1) is 12.4. The van der Waals surface area contributed by atoms with Crippen LogP contribution in [0.15, 0.2) is 11.4 Å². The minimum Gasteiger partial charge on any atom is -0.384 e. The summed E-state index contributed by atoms with van der Waals surface area (Å²) < 4.78 is 0. The minimum atomic E-state index is -0.708. The Balaban J connectivity index is 2.30. The molecule has 0 aliphatic heterocycles. The molecule has 1 N–H and O–H groups in total. The third-order valence-electron chi connectivity index (χ3n) is 3.87. The molecule has 0 saturated heterocycles. The molecule has 2 unspecified atom stereocenters. The van der Waals surface area contributed by atoms with Gasteiger partial charge in [-0.15, -0.1) is 11.3 Å². The largest absolute Gasteiger partial charge is 0.384 e. The molecule has 2 rings (SSSR count). The summed E-state index contributed by atoms with van der Waals surface area (Å²) in [5, 5.41) is 13.5. The lowest BCUT2D eigenvalue weighted by Crippen LogP contribution is -2.41. The molecule has 2 atom stereocenters. The van der Waals surface area contributed by atoms with Gasteiger partial charge in [0.2, 0.25) is 0 Å². The van der Waals surface area contributed by atoms with Gasteiger partial charge in [-0.3, -0.25) is 0 Å². The van der Waals surface area contributed by atoms with Crippen LogP contribution in [0.3, 0.4) is 0 Å². The predicted molar refractivity (Wildman–Crippen MR) is 70.0 cm³/mol. The average Bonchev–Trinajstić information content (AvgIpc) is 2.59. The van der Waals surface area contributed by atoms with Crippen molar-refractivity contribution in [2.45, 2.75) is 45.6 Å². The topological polar surface area (TPSA) is 20.2 Å². The molecular weight excluding hydrogens is 240 g/mol. The zero-order valence-electron chi connectivity index (χ0n) is 10.1. The molecular formula is C13H19ClOS. The standard InChI is InChI=1S/C13H19ClOS/c1-9-8-12(2,3)5-6-13(9,15)11-10(14)4-7-16-11/h4,7,9,15H,5-6,8H2,1-3H3. The van der Waals surface area contributed by atoms with Crippen LogP contribution in [0.2, 0.25) is 5.02 Å². The Bertz CT molecular complexity index is 385. The van der Waals surface area contributed by atoms with Crippen LogP contribution in [0.4, 0.5) is 0 Å². The smallest absolute Gasteiger partial charge is 0.103 e. The Morgan fingerprint density at radius 3 is 2.62 bits per heavy atom. The van der Waals surface area contributed by atoms with Crippen LogP contribution in [0.5, 0.6) is 0 Å². The molecule has 1 saturated carbocycles. The molecule has 1 aromatic rings. The zero-order valence-corrected chi connectivity index (χ0v) is 11.7. The summed E-state index contributed by atoms with van der Waals surface area (Å²) in [5.74, 6) is 0.271. The lowest BCUT2D eigenvalue weighted by Gasteiger charge is -2.45. The van der Waals surface area contributed by atoms with Gasteiger partial charge in [-0.2, -0.15) is 0 Å². The fraction of sp³-hybridized carbons (Fsp3) is 0.692. The first-order valence-electron chi connectivity index (χ1n) is 5.81. The van der Waals surface area contributed by atoms with E-state index in [2.05, 4.69) is 20.8 Å². The van der Waals surface area contributed by atoms with Crippen molar-refractivity contribution in [1.82, 2.24) is 0 Å². The molecule has 1 aliphatic carbocycles. The van der Waals surface area contributed by atoms with Gasteiger partial charge >= 0.3 is 0 Å². The lowest BCUT2D eigenvalue weighted by atomic mass is 9.65. The molecule has 1 aromatic heterocycles. The van der Waals surface area contributed by atoms with Crippen molar-refractivity contribution in [3.05, 3.63) is 21.3 Å². The van der Waals surface area contributed by atoms with Crippen molar-refractivity contribution in [3.63, 3.8) is 0 Å². The van der Waals surface area contributed by atoms with E-state index in [1.807, 2.05) is 11.4 Å². The van der Waals surface area contributed by atoms with E-state index in [1.165, 1.54) is 0 Å². The van der Waals surface area contributed by atoms with Gasteiger partial charge in [0.1, 0.15) is 5.60 Å². The summed E-state index contributed by atoms with van der Waals surface area (Å²) in [6.45, 7) is 6.69. The predicted octanol–water partition coefficient (Wildman–Crippen LogP) is 4.44. The van der Waals surface area contributed by atoms with Crippen molar-refractivity contribution in [3.8, 4) is 0 Å². The van der Waals surface area contributed by atoms with Gasteiger partial charge in [-0.05, 0) is 42.0 Å². The highest BCUT2D eigenvalue weighted by molar-refractivity contribution is 7.10. The summed E-state index contributed by atoms with van der Waals surface area (Å²) in [6, 6.07) is 1.88. The lowest BCUT2D eigenvalue weighted by molar-refractivity contribution is -0.0741. The van der Waals surface area contributed by atoms with Crippen LogP contribution < -0.4 is 0 Å². The molecule has 1 aliphatic rings. The summed E-state index contributed by atoms with van der Waals surface area (Å²) in [5.41, 5.74) is -0.365. The SMILES string of the molecule is CC1CC(C)(C)CCC1(O)c1sccc1Cl. The van der Waals surface area contributed by atoms with Crippen LogP contribution in [-0.2, 0) is 5.60 Å². The van der Waals surface area contributed by atoms with Crippen LogP contribution in [0.1, 0.15) is 44.9 Å². The minimum absolute atomic E-state index is 0.271. The number of thiophene rings is 1. The Hall–Kier alpha value is -0.0500. The van der Waals surface area contributed by atoms with Gasteiger partial charge < -0.3 is 5.11 Å². The maximum absolute atomic E-state index is 10.8. The van der Waals surface area contributed by atoms with Gasteiger partial charge in [-0.25, -0.2) is 0 Å². The highest BCUT2D eigenvalue weighted by Gasteiger charge is 2.45. The highest BCUT2D eigenvalue weighted by atomic mass is 35.5. The molecule has 3 heteroatoms. The maximum atomic E-state index is 10.8. The average molecular weight is 259 g/mol. The van der Waals surface area contributed by atoms with Crippen molar-refractivity contribution in [2.75, 3.05) is 0 Å². The molecule has 0 spiro atoms. The number of hydrogen-bond acceptors (Lipinski definition) is 2. The number of rotatable bonds is 1. The van der Waals surface area contributed by atoms with Crippen LogP contribution in [0, 0.1) is 11.3 Å². The first-order valence-corrected chi connectivity index (χ1v) is 7.07. The fourth-order valence-corrected chi connectivity index (χ4v) is 4.28. The molecule has 16 heavy (non-hydrogen) atoms. The Morgan fingerprint density at radius 1 is 1.44 bits per heavy atom. The molecule has 1 nitrogen and oxygen atoms in total. The quantitative estimate of drug-likeness (QED) is 0.790. The van der Waals surface area contributed by atoms with Crippen LogP contribution in [0.25, 0.3) is 0 Å². The van der Waals surface area contributed by atoms with Gasteiger partial charge in [0.25, 0.3) is 0 Å². The highest BCUT2D eigenvalue weighted by Crippen LogP contribution is 2.51. The summed E-state index contributed by atoms with van der Waals surface area (Å²) in [4.78, 5) is 0.956. The van der Waals surface area contributed by atoms with Gasteiger partial charge in [0, 0.05) is 0 Å². The van der Waals surface area contributed by atoms with Crippen molar-refractivity contribution < 1.29 is 5.11 Å². The Kier molecular flexibility index (Phi) is 3.11. The Labute approximate surface area is 106 Å². The van der Waals surface area contributed by atoms with E-state index in [0.717, 1.165) is 29.2 Å². The van der Waals surface area contributed by atoms with E-state index in [9.17, 15) is 5.11 Å². The van der Waals surface area contributed by atoms with Gasteiger partial charge in [0.05, 0.1) is 9.90 Å². The molecule has 0 bridgehead atoms. The third kappa shape index (κ3) is 2.03. The summed E-state index contributed by atoms with van der Waals surface area (Å²) in [6.07, 6.45) is 2.93. The second-order valence-corrected chi connectivity index (χ2v) is 7.11. The number of hydrogen-bond donors (Lipinski definition) is 1. The molecule has 1 fully saturated rings. The fourth-order valence-electron chi connectivity index (χ4n) is 2.82. The summed E-state index contributed by atoms with van der Waals surface area (Å²) in [7, 11) is 0. The van der Waals surface area contributed by atoms with Crippen molar-refractivity contribution >= 4 is 22.9 Å². The maximum Gasteiger partial charge on any atom is 0.103 e. The normalized spacial score (nSPS) is 33.9. The Morgan fingerprint density at radius 2 is 2.12 bits per heavy atom. The molecule has 0 radical (unpaired) electrons. The molecule has 0 aromatic carbocycles. The van der Waals surface area contributed by atoms with E-state index in [4.69, 9.17) is 11.6 Å². The van der Waals surface area contributed by atoms with Gasteiger partial charge in [0.15, 0.2) is 0 Å². The summed E-state index contributed by atoms with van der Waals surface area (Å²) >= 11 is 7.73. The van der Waals surface area contributed by atoms with Crippen molar-refractivity contribution in [2.24, 2.45) is 11.3 Å². The van der Waals surface area contributed by atoms with E-state index in [0.29, 0.717) is 5.41 Å². The third-order valence-corrected chi connectivity index (χ3v) is 5.38. The monoisotopic (exact) mass is 258 g/mol. The van der Waals surface area contributed by atoms with E-state index < -0.39 is 5.60 Å². The van der Waals surface area contributed by atoms with Crippen molar-refractivity contribution in [1.29, 1.82) is 0 Å². The molecule has 1 heterocycles. The second-order valence-electron chi connectivity index (χ2n) is 5.79. The molecule has 90 valence electrons. The van der Waals surface area contributed by atoms with Crippen LogP contribution in [-0.4, -0.2) is 5.11 Å². The van der Waals surface area contributed by atoms with E-state index in [-0.39, 0.29) is 5.92 Å². The van der Waals surface area contributed by atoms with E-state index >= 15 is 0 Å². The number of halogens is 1. The molecule has 0 amide bonds. The zero-order chi connectivity index (χ0) is 12.0.